The largest absolute Gasteiger partial charge is 0.444 e. The molecule has 0 saturated carbocycles. The number of carbonyl (C=O) groups is 1. The lowest BCUT2D eigenvalue weighted by molar-refractivity contribution is 0.0521. The molecule has 0 radical (unpaired) electrons. The number of pyridine rings is 2. The summed E-state index contributed by atoms with van der Waals surface area (Å²) in [6, 6.07) is 4.75. The van der Waals surface area contributed by atoms with Crippen molar-refractivity contribution in [2.45, 2.75) is 39.3 Å². The van der Waals surface area contributed by atoms with Crippen LogP contribution in [0.25, 0.3) is 22.2 Å². The number of carbonyl (C=O) groups excluding carboxylic acids is 1. The molecule has 0 aliphatic heterocycles. The van der Waals surface area contributed by atoms with E-state index < -0.39 is 11.7 Å². The highest BCUT2D eigenvalue weighted by Crippen LogP contribution is 2.25. The Morgan fingerprint density at radius 1 is 1.38 bits per heavy atom. The summed E-state index contributed by atoms with van der Waals surface area (Å²) in [7, 11) is 0. The van der Waals surface area contributed by atoms with E-state index in [1.807, 2.05) is 6.07 Å². The third kappa shape index (κ3) is 4.89. The van der Waals surface area contributed by atoms with Crippen molar-refractivity contribution in [2.75, 3.05) is 6.54 Å². The van der Waals surface area contributed by atoms with E-state index in [0.717, 1.165) is 0 Å². The number of fused-ring (bicyclic) bond motifs is 1. The van der Waals surface area contributed by atoms with Crippen LogP contribution in [-0.4, -0.2) is 37.8 Å². The fraction of sp³-hybridized carbons (Fsp3) is 0.350. The van der Waals surface area contributed by atoms with Crippen LogP contribution < -0.4 is 10.9 Å². The maximum absolute atomic E-state index is 13.1. The molecule has 3 heterocycles. The topological polar surface area (TPSA) is 99.0 Å². The molecule has 29 heavy (non-hydrogen) atoms. The molecule has 1 atom stereocenters. The maximum Gasteiger partial charge on any atom is 0.407 e. The van der Waals surface area contributed by atoms with Crippen LogP contribution in [0.1, 0.15) is 33.7 Å². The Balaban J connectivity index is 1.92. The van der Waals surface area contributed by atoms with Gasteiger partial charge in [-0.15, -0.1) is 0 Å². The summed E-state index contributed by atoms with van der Waals surface area (Å²) in [5.74, 6) is 0. The molecular weight excluding hydrogens is 394 g/mol. The average molecular weight is 416 g/mol. The highest BCUT2D eigenvalue weighted by atomic mass is 35.5. The number of halogens is 1. The molecule has 9 heteroatoms. The standard InChI is InChI=1S/C20H22ClN5O3/c1-12(9-23-19(28)29-20(2,3)4)26-11-24-17-14(18(26)27)8-15(21)25-16(17)13-6-5-7-22-10-13/h5-8,10-12H,9H2,1-4H3,(H,23,28). The lowest BCUT2D eigenvalue weighted by atomic mass is 10.1. The van der Waals surface area contributed by atoms with E-state index in [0.29, 0.717) is 22.2 Å². The Kier molecular flexibility index (Phi) is 5.83. The number of nitrogens with zero attached hydrogens (tertiary/aromatic N) is 4. The second kappa shape index (κ2) is 8.16. The summed E-state index contributed by atoms with van der Waals surface area (Å²) < 4.78 is 6.67. The fourth-order valence-electron chi connectivity index (χ4n) is 2.77. The van der Waals surface area contributed by atoms with Crippen LogP contribution in [0.2, 0.25) is 5.15 Å². The first-order valence-corrected chi connectivity index (χ1v) is 9.48. The van der Waals surface area contributed by atoms with E-state index in [1.165, 1.54) is 17.0 Å². The number of rotatable bonds is 4. The SMILES string of the molecule is CC(CNC(=O)OC(C)(C)C)n1cnc2c(-c3cccnc3)nc(Cl)cc2c1=O. The Hall–Kier alpha value is -3.00. The third-order valence-corrected chi connectivity index (χ3v) is 4.28. The van der Waals surface area contributed by atoms with Crippen molar-refractivity contribution in [3.05, 3.63) is 52.4 Å². The monoisotopic (exact) mass is 415 g/mol. The van der Waals surface area contributed by atoms with Crippen LogP contribution in [-0.2, 0) is 4.74 Å². The first-order chi connectivity index (χ1) is 13.7. The predicted molar refractivity (Wildman–Crippen MR) is 111 cm³/mol. The minimum absolute atomic E-state index is 0.188. The van der Waals surface area contributed by atoms with E-state index in [9.17, 15) is 9.59 Å². The molecule has 152 valence electrons. The summed E-state index contributed by atoms with van der Waals surface area (Å²) in [5.41, 5.74) is 0.772. The highest BCUT2D eigenvalue weighted by molar-refractivity contribution is 6.30. The number of ether oxygens (including phenoxy) is 1. The maximum atomic E-state index is 13.1. The number of hydrogen-bond acceptors (Lipinski definition) is 6. The lowest BCUT2D eigenvalue weighted by Crippen LogP contribution is -2.37. The van der Waals surface area contributed by atoms with E-state index in [2.05, 4.69) is 20.3 Å². The van der Waals surface area contributed by atoms with Crippen LogP contribution >= 0.6 is 11.6 Å². The molecule has 1 unspecified atom stereocenters. The van der Waals surface area contributed by atoms with Gasteiger partial charge in [0, 0.05) is 24.5 Å². The fourth-order valence-corrected chi connectivity index (χ4v) is 2.97. The van der Waals surface area contributed by atoms with Gasteiger partial charge in [-0.25, -0.2) is 14.8 Å². The zero-order valence-corrected chi connectivity index (χ0v) is 17.4. The zero-order chi connectivity index (χ0) is 21.2. The molecule has 0 saturated heterocycles. The predicted octanol–water partition coefficient (Wildman–Crippen LogP) is 3.59. The molecule has 0 aromatic carbocycles. The van der Waals surface area contributed by atoms with Crippen molar-refractivity contribution in [3.8, 4) is 11.3 Å². The minimum Gasteiger partial charge on any atom is -0.444 e. The van der Waals surface area contributed by atoms with Gasteiger partial charge in [0.2, 0.25) is 0 Å². The second-order valence-corrected chi connectivity index (χ2v) is 8.01. The summed E-state index contributed by atoms with van der Waals surface area (Å²) in [5, 5.41) is 3.20. The Morgan fingerprint density at radius 3 is 2.79 bits per heavy atom. The van der Waals surface area contributed by atoms with Gasteiger partial charge in [-0.05, 0) is 45.9 Å². The van der Waals surface area contributed by atoms with Crippen molar-refractivity contribution in [1.82, 2.24) is 24.8 Å². The number of nitrogens with one attached hydrogen (secondary N) is 1. The van der Waals surface area contributed by atoms with Crippen LogP contribution in [0, 0.1) is 0 Å². The van der Waals surface area contributed by atoms with E-state index >= 15 is 0 Å². The van der Waals surface area contributed by atoms with Crippen LogP contribution in [0.5, 0.6) is 0 Å². The first-order valence-electron chi connectivity index (χ1n) is 9.10. The summed E-state index contributed by atoms with van der Waals surface area (Å²) in [6.07, 6.45) is 4.19. The minimum atomic E-state index is -0.596. The number of hydrogen-bond donors (Lipinski definition) is 1. The van der Waals surface area contributed by atoms with Crippen molar-refractivity contribution in [1.29, 1.82) is 0 Å². The molecule has 3 aromatic rings. The Bertz CT molecular complexity index is 1090. The molecule has 1 amide bonds. The van der Waals surface area contributed by atoms with Gasteiger partial charge in [0.25, 0.3) is 5.56 Å². The molecule has 1 N–H and O–H groups in total. The molecule has 0 aliphatic carbocycles. The number of aromatic nitrogens is 4. The van der Waals surface area contributed by atoms with Gasteiger partial charge in [-0.1, -0.05) is 11.6 Å². The summed E-state index contributed by atoms with van der Waals surface area (Å²) in [6.45, 7) is 7.36. The van der Waals surface area contributed by atoms with Gasteiger partial charge in [-0.3, -0.25) is 14.3 Å². The molecule has 8 nitrogen and oxygen atoms in total. The van der Waals surface area contributed by atoms with Gasteiger partial charge in [0.15, 0.2) is 0 Å². The molecule has 0 aliphatic rings. The Labute approximate surface area is 172 Å². The van der Waals surface area contributed by atoms with Crippen LogP contribution in [0.15, 0.2) is 41.7 Å². The molecule has 0 fully saturated rings. The highest BCUT2D eigenvalue weighted by Gasteiger charge is 2.19. The lowest BCUT2D eigenvalue weighted by Gasteiger charge is -2.21. The van der Waals surface area contributed by atoms with Crippen molar-refractivity contribution in [3.63, 3.8) is 0 Å². The van der Waals surface area contributed by atoms with Crippen molar-refractivity contribution >= 4 is 28.6 Å². The van der Waals surface area contributed by atoms with Gasteiger partial charge in [-0.2, -0.15) is 0 Å². The second-order valence-electron chi connectivity index (χ2n) is 7.62. The van der Waals surface area contributed by atoms with Crippen LogP contribution in [0.4, 0.5) is 4.79 Å². The van der Waals surface area contributed by atoms with Crippen molar-refractivity contribution < 1.29 is 9.53 Å². The van der Waals surface area contributed by atoms with Gasteiger partial charge in [0.1, 0.15) is 22.0 Å². The summed E-state index contributed by atoms with van der Waals surface area (Å²) in [4.78, 5) is 37.8. The van der Waals surface area contributed by atoms with Crippen molar-refractivity contribution in [2.24, 2.45) is 0 Å². The molecule has 3 aromatic heterocycles. The van der Waals surface area contributed by atoms with E-state index in [-0.39, 0.29) is 23.3 Å². The van der Waals surface area contributed by atoms with E-state index in [1.54, 1.807) is 46.2 Å². The average Bonchev–Trinajstić information content (AvgIpc) is 2.65. The van der Waals surface area contributed by atoms with Gasteiger partial charge >= 0.3 is 6.09 Å². The number of alkyl carbamates (subject to hydrolysis) is 1. The number of amides is 1. The normalized spacial score (nSPS) is 12.6. The Morgan fingerprint density at radius 2 is 2.14 bits per heavy atom. The molecule has 0 spiro atoms. The van der Waals surface area contributed by atoms with E-state index in [4.69, 9.17) is 16.3 Å². The van der Waals surface area contributed by atoms with Gasteiger partial charge < -0.3 is 10.1 Å². The van der Waals surface area contributed by atoms with Gasteiger partial charge in [0.05, 0.1) is 17.8 Å². The quantitative estimate of drug-likeness (QED) is 0.653. The zero-order valence-electron chi connectivity index (χ0n) is 16.6. The molecule has 0 bridgehead atoms. The third-order valence-electron chi connectivity index (χ3n) is 4.09. The molecule has 3 rings (SSSR count). The smallest absolute Gasteiger partial charge is 0.407 e. The molecular formula is C20H22ClN5O3. The van der Waals surface area contributed by atoms with Crippen LogP contribution in [0.3, 0.4) is 0 Å². The first kappa shape index (κ1) is 20.7. The summed E-state index contributed by atoms with van der Waals surface area (Å²) >= 11 is 6.16.